The van der Waals surface area contributed by atoms with E-state index in [9.17, 15) is 0 Å². The summed E-state index contributed by atoms with van der Waals surface area (Å²) in [5.41, 5.74) is 0.978. The summed E-state index contributed by atoms with van der Waals surface area (Å²) in [4.78, 5) is 3.98. The number of pyridine rings is 1. The zero-order valence-electron chi connectivity index (χ0n) is 8.04. The summed E-state index contributed by atoms with van der Waals surface area (Å²) in [7, 11) is 1.94. The molecule has 0 amide bonds. The van der Waals surface area contributed by atoms with Gasteiger partial charge in [0.15, 0.2) is 0 Å². The van der Waals surface area contributed by atoms with Gasteiger partial charge in [0, 0.05) is 30.4 Å². The molecule has 1 rings (SSSR count). The third-order valence-corrected chi connectivity index (χ3v) is 1.80. The molecule has 1 heterocycles. The van der Waals surface area contributed by atoms with Crippen LogP contribution in [0.15, 0.2) is 24.5 Å². The van der Waals surface area contributed by atoms with E-state index < -0.39 is 0 Å². The first kappa shape index (κ1) is 9.76. The molecule has 1 N–H and O–H groups in total. The van der Waals surface area contributed by atoms with Crippen LogP contribution in [0.25, 0.3) is 0 Å². The second-order valence-electron chi connectivity index (χ2n) is 2.94. The van der Waals surface area contributed by atoms with Crippen LogP contribution >= 0.6 is 0 Å². The molecule has 2 heteroatoms. The quantitative estimate of drug-likeness (QED) is 0.686. The highest BCUT2D eigenvalue weighted by Crippen LogP contribution is 1.93. The summed E-state index contributed by atoms with van der Waals surface area (Å²) in [6.07, 6.45) is 4.39. The van der Waals surface area contributed by atoms with Crippen molar-refractivity contribution in [2.75, 3.05) is 7.05 Å². The lowest BCUT2D eigenvalue weighted by Crippen LogP contribution is -2.19. The molecule has 0 aliphatic rings. The maximum atomic E-state index is 3.98. The van der Waals surface area contributed by atoms with Crippen LogP contribution in [0.3, 0.4) is 0 Å². The number of hydrogen-bond donors (Lipinski definition) is 1. The molecular weight excluding hydrogens is 160 g/mol. The molecule has 1 unspecified atom stereocenters. The molecule has 13 heavy (non-hydrogen) atoms. The third kappa shape index (κ3) is 3.73. The van der Waals surface area contributed by atoms with Crippen molar-refractivity contribution in [1.82, 2.24) is 10.3 Å². The first-order valence-electron chi connectivity index (χ1n) is 4.39. The van der Waals surface area contributed by atoms with Crippen LogP contribution in [0.5, 0.6) is 0 Å². The maximum Gasteiger partial charge on any atom is 0.0428 e. The Balaban J connectivity index is 2.49. The Morgan fingerprint density at radius 2 is 2.46 bits per heavy atom. The highest BCUT2D eigenvalue weighted by molar-refractivity contribution is 5.31. The van der Waals surface area contributed by atoms with Crippen molar-refractivity contribution in [3.63, 3.8) is 0 Å². The van der Waals surface area contributed by atoms with Crippen LogP contribution in [-0.4, -0.2) is 18.1 Å². The summed E-state index contributed by atoms with van der Waals surface area (Å²) in [5.74, 6) is 6.16. The van der Waals surface area contributed by atoms with Gasteiger partial charge in [0.05, 0.1) is 0 Å². The Kier molecular flexibility index (Phi) is 4.01. The van der Waals surface area contributed by atoms with E-state index in [2.05, 4.69) is 29.1 Å². The molecule has 0 aromatic carbocycles. The molecule has 0 fully saturated rings. The van der Waals surface area contributed by atoms with Gasteiger partial charge in [0.2, 0.25) is 0 Å². The summed E-state index contributed by atoms with van der Waals surface area (Å²) in [6.45, 7) is 2.11. The van der Waals surface area contributed by atoms with Crippen LogP contribution < -0.4 is 5.32 Å². The molecule has 0 aliphatic carbocycles. The lowest BCUT2D eigenvalue weighted by Gasteiger charge is -2.02. The Hall–Kier alpha value is -1.33. The maximum absolute atomic E-state index is 3.98. The molecule has 1 aromatic heterocycles. The van der Waals surface area contributed by atoms with Gasteiger partial charge in [-0.15, -0.1) is 0 Å². The van der Waals surface area contributed by atoms with Crippen molar-refractivity contribution >= 4 is 0 Å². The number of hydrogen-bond acceptors (Lipinski definition) is 2. The predicted octanol–water partition coefficient (Wildman–Crippen LogP) is 1.43. The van der Waals surface area contributed by atoms with E-state index >= 15 is 0 Å². The Bertz CT molecular complexity index is 295. The lowest BCUT2D eigenvalue weighted by atomic mass is 10.2. The average Bonchev–Trinajstić information content (AvgIpc) is 2.19. The van der Waals surface area contributed by atoms with Gasteiger partial charge in [-0.3, -0.25) is 4.98 Å². The van der Waals surface area contributed by atoms with Crippen LogP contribution in [0, 0.1) is 11.8 Å². The highest BCUT2D eigenvalue weighted by atomic mass is 14.8. The van der Waals surface area contributed by atoms with E-state index in [-0.39, 0.29) is 0 Å². The zero-order valence-corrected chi connectivity index (χ0v) is 8.04. The normalized spacial score (nSPS) is 11.5. The van der Waals surface area contributed by atoms with Crippen LogP contribution in [0.2, 0.25) is 0 Å². The fraction of sp³-hybridized carbons (Fsp3) is 0.364. The second-order valence-corrected chi connectivity index (χ2v) is 2.94. The first-order chi connectivity index (χ1) is 6.33. The van der Waals surface area contributed by atoms with Crippen LogP contribution in [-0.2, 0) is 0 Å². The minimum Gasteiger partial charge on any atom is -0.316 e. The predicted molar refractivity (Wildman–Crippen MR) is 54.3 cm³/mol. The summed E-state index contributed by atoms with van der Waals surface area (Å²) in [5, 5.41) is 3.13. The molecule has 0 aliphatic heterocycles. The molecule has 0 saturated heterocycles. The van der Waals surface area contributed by atoms with Crippen LogP contribution in [0.1, 0.15) is 18.9 Å². The van der Waals surface area contributed by atoms with E-state index in [1.807, 2.05) is 19.2 Å². The fourth-order valence-electron chi connectivity index (χ4n) is 0.845. The SMILES string of the molecule is CNC(C)CC#Cc1cccnc1. The van der Waals surface area contributed by atoms with Gasteiger partial charge in [-0.2, -0.15) is 0 Å². The van der Waals surface area contributed by atoms with Gasteiger partial charge in [0.1, 0.15) is 0 Å². The topological polar surface area (TPSA) is 24.9 Å². The van der Waals surface area contributed by atoms with E-state index in [1.165, 1.54) is 0 Å². The van der Waals surface area contributed by atoms with E-state index in [1.54, 1.807) is 12.4 Å². The van der Waals surface area contributed by atoms with Gasteiger partial charge < -0.3 is 5.32 Å². The summed E-state index contributed by atoms with van der Waals surface area (Å²) < 4.78 is 0. The Morgan fingerprint density at radius 3 is 3.08 bits per heavy atom. The first-order valence-corrected chi connectivity index (χ1v) is 4.39. The standard InChI is InChI=1S/C11H14N2/c1-10(12-2)5-3-6-11-7-4-8-13-9-11/h4,7-10,12H,5H2,1-2H3. The molecule has 0 spiro atoms. The van der Waals surface area contributed by atoms with Gasteiger partial charge in [-0.05, 0) is 26.1 Å². The van der Waals surface area contributed by atoms with Crippen molar-refractivity contribution in [2.24, 2.45) is 0 Å². The largest absolute Gasteiger partial charge is 0.316 e. The number of rotatable bonds is 2. The molecule has 1 aromatic rings. The number of nitrogens with one attached hydrogen (secondary N) is 1. The van der Waals surface area contributed by atoms with E-state index in [0.29, 0.717) is 6.04 Å². The summed E-state index contributed by atoms with van der Waals surface area (Å²) >= 11 is 0. The molecule has 0 radical (unpaired) electrons. The molecule has 2 nitrogen and oxygen atoms in total. The smallest absolute Gasteiger partial charge is 0.0428 e. The number of aromatic nitrogens is 1. The molecule has 0 saturated carbocycles. The fourth-order valence-corrected chi connectivity index (χ4v) is 0.845. The minimum absolute atomic E-state index is 0.448. The number of nitrogens with zero attached hydrogens (tertiary/aromatic N) is 1. The van der Waals surface area contributed by atoms with Gasteiger partial charge in [-0.1, -0.05) is 11.8 Å². The third-order valence-electron chi connectivity index (χ3n) is 1.80. The molecular formula is C11H14N2. The lowest BCUT2D eigenvalue weighted by molar-refractivity contribution is 0.628. The minimum atomic E-state index is 0.448. The zero-order chi connectivity index (χ0) is 9.52. The highest BCUT2D eigenvalue weighted by Gasteiger charge is 1.91. The summed E-state index contributed by atoms with van der Waals surface area (Å²) in [6, 6.07) is 4.31. The Morgan fingerprint density at radius 1 is 1.62 bits per heavy atom. The van der Waals surface area contributed by atoms with Crippen molar-refractivity contribution in [2.45, 2.75) is 19.4 Å². The van der Waals surface area contributed by atoms with E-state index in [4.69, 9.17) is 0 Å². The van der Waals surface area contributed by atoms with Gasteiger partial charge in [-0.25, -0.2) is 0 Å². The Labute approximate surface area is 79.4 Å². The molecule has 1 atom stereocenters. The van der Waals surface area contributed by atoms with Gasteiger partial charge >= 0.3 is 0 Å². The van der Waals surface area contributed by atoms with Crippen molar-refractivity contribution in [3.05, 3.63) is 30.1 Å². The van der Waals surface area contributed by atoms with E-state index in [0.717, 1.165) is 12.0 Å². The van der Waals surface area contributed by atoms with Crippen LogP contribution in [0.4, 0.5) is 0 Å². The van der Waals surface area contributed by atoms with Crippen molar-refractivity contribution in [3.8, 4) is 11.8 Å². The molecule has 0 bridgehead atoms. The van der Waals surface area contributed by atoms with Gasteiger partial charge in [0.25, 0.3) is 0 Å². The second kappa shape index (κ2) is 5.34. The average molecular weight is 174 g/mol. The molecule has 68 valence electrons. The van der Waals surface area contributed by atoms with Crippen molar-refractivity contribution in [1.29, 1.82) is 0 Å². The monoisotopic (exact) mass is 174 g/mol. The van der Waals surface area contributed by atoms with Crippen molar-refractivity contribution < 1.29 is 0 Å².